The molecule has 3 heterocycles. The first kappa shape index (κ1) is 23.4. The first-order chi connectivity index (χ1) is 17.2. The molecular weight excluding hydrogens is 446 g/mol. The van der Waals surface area contributed by atoms with Gasteiger partial charge in [-0.3, -0.25) is 0 Å². The highest BCUT2D eigenvalue weighted by Gasteiger charge is 2.26. The van der Waals surface area contributed by atoms with Gasteiger partial charge < -0.3 is 34.1 Å². The second-order valence-electron chi connectivity index (χ2n) is 9.07. The van der Waals surface area contributed by atoms with E-state index in [0.717, 1.165) is 49.1 Å². The smallest absolute Gasteiger partial charge is 0.354 e. The molecule has 0 radical (unpaired) electrons. The van der Waals surface area contributed by atoms with Gasteiger partial charge in [0.2, 0.25) is 0 Å². The van der Waals surface area contributed by atoms with Crippen molar-refractivity contribution in [2.45, 2.75) is 25.9 Å². The summed E-state index contributed by atoms with van der Waals surface area (Å²) in [5.74, 6) is 2.57. The number of piperidine rings is 1. The Kier molecular flexibility index (Phi) is 6.99. The van der Waals surface area contributed by atoms with Gasteiger partial charge in [0.15, 0.2) is 11.5 Å². The molecule has 8 nitrogen and oxygen atoms in total. The number of ether oxygens (including phenoxy) is 4. The number of nitrogens with one attached hydrogen (secondary N) is 2. The van der Waals surface area contributed by atoms with E-state index < -0.39 is 0 Å². The number of anilines is 1. The molecule has 8 heteroatoms. The minimum atomic E-state index is -0.371. The fourth-order valence-corrected chi connectivity index (χ4v) is 4.91. The molecule has 3 aromatic rings. The molecule has 2 aliphatic rings. The number of esters is 1. The quantitative estimate of drug-likeness (QED) is 0.473. The van der Waals surface area contributed by atoms with Crippen molar-refractivity contribution >= 4 is 22.6 Å². The maximum absolute atomic E-state index is 12.1. The van der Waals surface area contributed by atoms with Crippen molar-refractivity contribution in [1.29, 1.82) is 0 Å². The third kappa shape index (κ3) is 5.03. The van der Waals surface area contributed by atoms with Crippen molar-refractivity contribution in [2.75, 3.05) is 51.4 Å². The Balaban J connectivity index is 1.14. The van der Waals surface area contributed by atoms with Crippen molar-refractivity contribution < 1.29 is 23.7 Å². The molecule has 2 N–H and O–H groups in total. The molecule has 1 atom stereocenters. The Morgan fingerprint density at radius 1 is 1.17 bits per heavy atom. The zero-order valence-electron chi connectivity index (χ0n) is 20.3. The molecule has 0 unspecified atom stereocenters. The predicted molar refractivity (Wildman–Crippen MR) is 135 cm³/mol. The second kappa shape index (κ2) is 10.5. The minimum Gasteiger partial charge on any atom is -0.495 e. The van der Waals surface area contributed by atoms with Crippen molar-refractivity contribution in [3.05, 3.63) is 48.2 Å². The van der Waals surface area contributed by atoms with Gasteiger partial charge in [-0.2, -0.15) is 0 Å². The van der Waals surface area contributed by atoms with Crippen LogP contribution in [0.4, 0.5) is 5.69 Å². The first-order valence-corrected chi connectivity index (χ1v) is 12.4. The van der Waals surface area contributed by atoms with Crippen LogP contribution in [0.3, 0.4) is 0 Å². The molecule has 0 amide bonds. The molecule has 2 aliphatic heterocycles. The number of H-pyrrole nitrogens is 1. The Hall–Kier alpha value is -3.39. The number of nitrogens with zero attached hydrogens (tertiary/aromatic N) is 1. The highest BCUT2D eigenvalue weighted by Crippen LogP contribution is 2.39. The van der Waals surface area contributed by atoms with Crippen LogP contribution >= 0.6 is 0 Å². The van der Waals surface area contributed by atoms with E-state index in [1.54, 1.807) is 20.1 Å². The third-order valence-corrected chi connectivity index (χ3v) is 6.77. The van der Waals surface area contributed by atoms with Gasteiger partial charge in [-0.05, 0) is 62.6 Å². The lowest BCUT2D eigenvalue weighted by molar-refractivity contribution is 0.0520. The fourth-order valence-electron chi connectivity index (χ4n) is 4.91. The van der Waals surface area contributed by atoms with Crippen molar-refractivity contribution in [2.24, 2.45) is 5.92 Å². The second-order valence-corrected chi connectivity index (χ2v) is 9.07. The number of para-hydroxylation sites is 2. The molecule has 2 aromatic carbocycles. The van der Waals surface area contributed by atoms with E-state index in [1.165, 1.54) is 5.69 Å². The van der Waals surface area contributed by atoms with Gasteiger partial charge in [0.05, 0.1) is 24.9 Å². The van der Waals surface area contributed by atoms with Crippen LogP contribution in [0.1, 0.15) is 30.3 Å². The van der Waals surface area contributed by atoms with Crippen LogP contribution in [0.5, 0.6) is 17.2 Å². The molecule has 35 heavy (non-hydrogen) atoms. The summed E-state index contributed by atoms with van der Waals surface area (Å²) in [6.45, 7) is 6.33. The summed E-state index contributed by atoms with van der Waals surface area (Å²) in [5.41, 5.74) is 2.42. The summed E-state index contributed by atoms with van der Waals surface area (Å²) in [5, 5.41) is 4.42. The minimum absolute atomic E-state index is 0.0947. The van der Waals surface area contributed by atoms with Gasteiger partial charge in [0, 0.05) is 25.0 Å². The molecule has 1 aromatic heterocycles. The number of rotatable bonds is 8. The lowest BCUT2D eigenvalue weighted by Gasteiger charge is -2.34. The average molecular weight is 480 g/mol. The van der Waals surface area contributed by atoms with Crippen LogP contribution in [0, 0.1) is 5.92 Å². The predicted octanol–water partition coefficient (Wildman–Crippen LogP) is 4.00. The maximum Gasteiger partial charge on any atom is 0.354 e. The number of methoxy groups -OCH3 is 1. The van der Waals surface area contributed by atoms with Crippen molar-refractivity contribution in [3.63, 3.8) is 0 Å². The van der Waals surface area contributed by atoms with Crippen LogP contribution in [0.25, 0.3) is 10.9 Å². The average Bonchev–Trinajstić information content (AvgIpc) is 3.34. The summed E-state index contributed by atoms with van der Waals surface area (Å²) >= 11 is 0. The van der Waals surface area contributed by atoms with E-state index in [4.69, 9.17) is 18.9 Å². The molecule has 0 saturated carbocycles. The molecule has 0 aliphatic carbocycles. The van der Waals surface area contributed by atoms with Crippen molar-refractivity contribution in [1.82, 2.24) is 10.3 Å². The number of aromatic amines is 1. The van der Waals surface area contributed by atoms with Gasteiger partial charge in [0.25, 0.3) is 0 Å². The van der Waals surface area contributed by atoms with Crippen LogP contribution in [0.2, 0.25) is 0 Å². The van der Waals surface area contributed by atoms with Gasteiger partial charge in [-0.15, -0.1) is 0 Å². The number of benzene rings is 2. The summed E-state index contributed by atoms with van der Waals surface area (Å²) < 4.78 is 22.9. The van der Waals surface area contributed by atoms with Crippen LogP contribution in [0.15, 0.2) is 42.5 Å². The number of aromatic nitrogens is 1. The maximum atomic E-state index is 12.1. The zero-order chi connectivity index (χ0) is 24.2. The Morgan fingerprint density at radius 2 is 2.00 bits per heavy atom. The Bertz CT molecular complexity index is 1170. The molecular formula is C27H33N3O5. The molecule has 0 bridgehead atoms. The van der Waals surface area contributed by atoms with Gasteiger partial charge in [0.1, 0.15) is 24.2 Å². The summed E-state index contributed by atoms with van der Waals surface area (Å²) in [7, 11) is 1.73. The highest BCUT2D eigenvalue weighted by atomic mass is 16.6. The molecule has 1 fully saturated rings. The summed E-state index contributed by atoms with van der Waals surface area (Å²) in [6, 6.07) is 13.8. The van der Waals surface area contributed by atoms with E-state index in [0.29, 0.717) is 42.9 Å². The Labute approximate surface area is 205 Å². The topological polar surface area (TPSA) is 85.1 Å². The van der Waals surface area contributed by atoms with Gasteiger partial charge in [-0.1, -0.05) is 12.1 Å². The van der Waals surface area contributed by atoms with E-state index >= 15 is 0 Å². The lowest BCUT2D eigenvalue weighted by atomic mass is 9.96. The van der Waals surface area contributed by atoms with E-state index in [9.17, 15) is 4.79 Å². The monoisotopic (exact) mass is 479 g/mol. The van der Waals surface area contributed by atoms with Gasteiger partial charge in [-0.25, -0.2) is 4.79 Å². The number of carbonyl (C=O) groups excluding carboxylic acids is 1. The normalized spacial score (nSPS) is 18.0. The van der Waals surface area contributed by atoms with E-state index in [-0.39, 0.29) is 12.1 Å². The summed E-state index contributed by atoms with van der Waals surface area (Å²) in [6.07, 6.45) is 2.18. The Morgan fingerprint density at radius 3 is 2.80 bits per heavy atom. The SMILES string of the molecule is CCOC(=O)c1cc2c3c(ccc2[nH]1)OC[C@H](CNCC1CCN(c2ccccc2OC)CC1)O3. The number of fused-ring (bicyclic) bond motifs is 3. The van der Waals surface area contributed by atoms with Crippen molar-refractivity contribution in [3.8, 4) is 17.2 Å². The van der Waals surface area contributed by atoms with Gasteiger partial charge >= 0.3 is 5.97 Å². The largest absolute Gasteiger partial charge is 0.495 e. The molecule has 1 saturated heterocycles. The number of carbonyl (C=O) groups is 1. The first-order valence-electron chi connectivity index (χ1n) is 12.4. The van der Waals surface area contributed by atoms with E-state index in [1.807, 2.05) is 24.3 Å². The fraction of sp³-hybridized carbons (Fsp3) is 0.444. The zero-order valence-corrected chi connectivity index (χ0v) is 20.3. The van der Waals surface area contributed by atoms with E-state index in [2.05, 4.69) is 27.3 Å². The van der Waals surface area contributed by atoms with Crippen LogP contribution in [-0.2, 0) is 4.74 Å². The summed E-state index contributed by atoms with van der Waals surface area (Å²) in [4.78, 5) is 17.7. The van der Waals surface area contributed by atoms with Crippen LogP contribution in [-0.4, -0.2) is 63.6 Å². The van der Waals surface area contributed by atoms with Crippen LogP contribution < -0.4 is 24.4 Å². The molecule has 5 rings (SSSR count). The molecule has 0 spiro atoms. The number of hydrogen-bond donors (Lipinski definition) is 2. The molecule has 186 valence electrons. The standard InChI is InChI=1S/C27H33N3O5/c1-3-33-27(31)22-14-20-21(29-22)8-9-25-26(20)35-19(17-34-25)16-28-15-18-10-12-30(13-11-18)23-6-4-5-7-24(23)32-2/h4-9,14,18-19,28-29H,3,10-13,15-17H2,1-2H3/t19-/m0/s1. The lowest BCUT2D eigenvalue weighted by Crippen LogP contribution is -2.42. The third-order valence-electron chi connectivity index (χ3n) is 6.77. The number of hydrogen-bond acceptors (Lipinski definition) is 7. The highest BCUT2D eigenvalue weighted by molar-refractivity contribution is 5.98.